The average Bonchev–Trinajstić information content (AvgIpc) is 2.99. The first-order chi connectivity index (χ1) is 11.1. The molecule has 0 aromatic carbocycles. The zero-order valence-corrected chi connectivity index (χ0v) is 14.5. The number of aromatic amines is 1. The highest BCUT2D eigenvalue weighted by atomic mass is 16.2. The van der Waals surface area contributed by atoms with Crippen LogP contribution >= 0.6 is 0 Å². The van der Waals surface area contributed by atoms with Crippen molar-refractivity contribution in [1.29, 1.82) is 0 Å². The monoisotopic (exact) mass is 316 g/mol. The second-order valence-corrected chi connectivity index (χ2v) is 6.59. The third kappa shape index (κ3) is 3.15. The Morgan fingerprint density at radius 1 is 1.39 bits per heavy atom. The molecule has 1 amide bonds. The van der Waals surface area contributed by atoms with Crippen LogP contribution in [-0.2, 0) is 11.2 Å². The fraction of sp³-hybridized carbons (Fsp3) is 0.611. The molecular formula is C18H28N4O. The van der Waals surface area contributed by atoms with E-state index in [9.17, 15) is 4.79 Å². The Morgan fingerprint density at radius 2 is 2.17 bits per heavy atom. The molecule has 5 heteroatoms. The molecule has 1 aromatic rings. The highest BCUT2D eigenvalue weighted by Gasteiger charge is 2.28. The zero-order valence-electron chi connectivity index (χ0n) is 14.5. The fourth-order valence-electron chi connectivity index (χ4n) is 3.77. The molecule has 23 heavy (non-hydrogen) atoms. The molecule has 0 bridgehead atoms. The standard InChI is InChI=1S/C18H28N4O/c1-4-22(5-2)18(23)14-9-13(11-21(3)12-14)16-10-20-17-15(16)7-6-8-19-17/h9-10,14,19-20H,4-8,11-12H2,1-3H3/t14-/m1/s1. The Kier molecular flexibility index (Phi) is 4.76. The molecule has 2 N–H and O–H groups in total. The molecule has 5 nitrogen and oxygen atoms in total. The average molecular weight is 316 g/mol. The summed E-state index contributed by atoms with van der Waals surface area (Å²) in [6.07, 6.45) is 6.59. The summed E-state index contributed by atoms with van der Waals surface area (Å²) in [5.74, 6) is 1.37. The summed E-state index contributed by atoms with van der Waals surface area (Å²) in [5.41, 5.74) is 3.95. The van der Waals surface area contributed by atoms with Gasteiger partial charge < -0.3 is 20.1 Å². The number of hydrogen-bond donors (Lipinski definition) is 2. The van der Waals surface area contributed by atoms with Gasteiger partial charge in [-0.1, -0.05) is 6.08 Å². The van der Waals surface area contributed by atoms with Gasteiger partial charge in [-0.2, -0.15) is 0 Å². The van der Waals surface area contributed by atoms with E-state index in [0.717, 1.165) is 45.0 Å². The highest BCUT2D eigenvalue weighted by Crippen LogP contribution is 2.32. The van der Waals surface area contributed by atoms with E-state index in [1.165, 1.54) is 23.1 Å². The normalized spacial score (nSPS) is 21.3. The number of nitrogens with zero attached hydrogens (tertiary/aromatic N) is 2. The summed E-state index contributed by atoms with van der Waals surface area (Å²) in [4.78, 5) is 20.3. The van der Waals surface area contributed by atoms with E-state index in [1.807, 2.05) is 18.7 Å². The van der Waals surface area contributed by atoms with Crippen molar-refractivity contribution < 1.29 is 4.79 Å². The Morgan fingerprint density at radius 3 is 2.91 bits per heavy atom. The Bertz CT molecular complexity index is 600. The van der Waals surface area contributed by atoms with E-state index >= 15 is 0 Å². The number of amides is 1. The molecule has 3 rings (SSSR count). The first kappa shape index (κ1) is 16.1. The second kappa shape index (κ2) is 6.79. The van der Waals surface area contributed by atoms with Crippen molar-refractivity contribution in [1.82, 2.24) is 14.8 Å². The van der Waals surface area contributed by atoms with Gasteiger partial charge in [-0.05, 0) is 39.3 Å². The molecule has 0 radical (unpaired) electrons. The third-order valence-corrected chi connectivity index (χ3v) is 4.98. The molecule has 0 saturated heterocycles. The summed E-state index contributed by atoms with van der Waals surface area (Å²) in [6.45, 7) is 8.41. The maximum atomic E-state index is 12.7. The smallest absolute Gasteiger partial charge is 0.230 e. The zero-order chi connectivity index (χ0) is 16.4. The van der Waals surface area contributed by atoms with Crippen LogP contribution in [0.2, 0.25) is 0 Å². The number of carbonyl (C=O) groups is 1. The maximum Gasteiger partial charge on any atom is 0.230 e. The number of anilines is 1. The van der Waals surface area contributed by atoms with Gasteiger partial charge in [0.05, 0.1) is 5.92 Å². The van der Waals surface area contributed by atoms with Crippen molar-refractivity contribution in [3.63, 3.8) is 0 Å². The Labute approximate surface area is 138 Å². The lowest BCUT2D eigenvalue weighted by Crippen LogP contribution is -2.42. The Hall–Kier alpha value is -1.75. The van der Waals surface area contributed by atoms with Crippen LogP contribution in [0.5, 0.6) is 0 Å². The molecule has 1 aromatic heterocycles. The number of hydrogen-bond acceptors (Lipinski definition) is 3. The quantitative estimate of drug-likeness (QED) is 0.895. The van der Waals surface area contributed by atoms with Gasteiger partial charge in [-0.3, -0.25) is 4.79 Å². The summed E-state index contributed by atoms with van der Waals surface area (Å²) >= 11 is 0. The lowest BCUT2D eigenvalue weighted by molar-refractivity contribution is -0.134. The molecule has 3 heterocycles. The second-order valence-electron chi connectivity index (χ2n) is 6.59. The number of H-pyrrole nitrogens is 1. The van der Waals surface area contributed by atoms with Gasteiger partial charge in [-0.15, -0.1) is 0 Å². The summed E-state index contributed by atoms with van der Waals surface area (Å²) < 4.78 is 0. The van der Waals surface area contributed by atoms with Crippen LogP contribution in [0.25, 0.3) is 5.57 Å². The fourth-order valence-corrected chi connectivity index (χ4v) is 3.77. The molecule has 2 aliphatic heterocycles. The van der Waals surface area contributed by atoms with Gasteiger partial charge in [0.25, 0.3) is 0 Å². The van der Waals surface area contributed by atoms with Gasteiger partial charge in [0.2, 0.25) is 5.91 Å². The molecular weight excluding hydrogens is 288 g/mol. The molecule has 2 aliphatic rings. The minimum absolute atomic E-state index is 0.0363. The lowest BCUT2D eigenvalue weighted by Gasteiger charge is -2.32. The molecule has 0 unspecified atom stereocenters. The van der Waals surface area contributed by atoms with E-state index in [1.54, 1.807) is 0 Å². The molecule has 126 valence electrons. The molecule has 1 atom stereocenters. The first-order valence-corrected chi connectivity index (χ1v) is 8.76. The SMILES string of the molecule is CCN(CC)C(=O)[C@@H]1C=C(c2c[nH]c3c2CCCN3)CN(C)C1. The van der Waals surface area contributed by atoms with Crippen LogP contribution in [0.3, 0.4) is 0 Å². The number of rotatable bonds is 4. The molecule has 0 aliphatic carbocycles. The van der Waals surface area contributed by atoms with E-state index in [4.69, 9.17) is 0 Å². The maximum absolute atomic E-state index is 12.7. The van der Waals surface area contributed by atoms with E-state index in [0.29, 0.717) is 0 Å². The largest absolute Gasteiger partial charge is 0.371 e. The summed E-state index contributed by atoms with van der Waals surface area (Å²) in [6, 6.07) is 0. The van der Waals surface area contributed by atoms with Gasteiger partial charge >= 0.3 is 0 Å². The summed E-state index contributed by atoms with van der Waals surface area (Å²) in [5, 5.41) is 3.43. The van der Waals surface area contributed by atoms with Crippen LogP contribution < -0.4 is 5.32 Å². The van der Waals surface area contributed by atoms with Crippen molar-refractivity contribution in [3.05, 3.63) is 23.4 Å². The van der Waals surface area contributed by atoms with Gasteiger partial charge in [0, 0.05) is 50.0 Å². The number of fused-ring (bicyclic) bond motifs is 1. The van der Waals surface area contributed by atoms with Crippen molar-refractivity contribution in [2.24, 2.45) is 5.92 Å². The lowest BCUT2D eigenvalue weighted by atomic mass is 9.92. The van der Waals surface area contributed by atoms with E-state index in [2.05, 4.69) is 34.5 Å². The predicted octanol–water partition coefficient (Wildman–Crippen LogP) is 2.19. The number of nitrogens with one attached hydrogen (secondary N) is 2. The van der Waals surface area contributed by atoms with Gasteiger partial charge in [0.1, 0.15) is 5.82 Å². The molecule has 0 fully saturated rings. The van der Waals surface area contributed by atoms with Gasteiger partial charge in [-0.25, -0.2) is 0 Å². The number of aromatic nitrogens is 1. The Balaban J connectivity index is 1.89. The topological polar surface area (TPSA) is 51.4 Å². The summed E-state index contributed by atoms with van der Waals surface area (Å²) in [7, 11) is 2.10. The van der Waals surface area contributed by atoms with Crippen molar-refractivity contribution in [2.75, 3.05) is 45.1 Å². The van der Waals surface area contributed by atoms with Crippen LogP contribution in [0, 0.1) is 5.92 Å². The third-order valence-electron chi connectivity index (χ3n) is 4.98. The molecule has 0 spiro atoms. The first-order valence-electron chi connectivity index (χ1n) is 8.76. The highest BCUT2D eigenvalue weighted by molar-refractivity contribution is 5.85. The van der Waals surface area contributed by atoms with Crippen LogP contribution in [-0.4, -0.2) is 60.5 Å². The van der Waals surface area contributed by atoms with E-state index < -0.39 is 0 Å². The van der Waals surface area contributed by atoms with Crippen molar-refractivity contribution >= 4 is 17.3 Å². The van der Waals surface area contributed by atoms with Crippen LogP contribution in [0.1, 0.15) is 31.4 Å². The van der Waals surface area contributed by atoms with Gasteiger partial charge in [0.15, 0.2) is 0 Å². The predicted molar refractivity (Wildman–Crippen MR) is 94.5 cm³/mol. The minimum atomic E-state index is -0.0363. The number of carbonyl (C=O) groups excluding carboxylic acids is 1. The molecule has 0 saturated carbocycles. The number of likely N-dealkylation sites (N-methyl/N-ethyl adjacent to an activating group) is 1. The van der Waals surface area contributed by atoms with Crippen LogP contribution in [0.15, 0.2) is 12.3 Å². The minimum Gasteiger partial charge on any atom is -0.371 e. The van der Waals surface area contributed by atoms with Crippen LogP contribution in [0.4, 0.5) is 5.82 Å². The van der Waals surface area contributed by atoms with E-state index in [-0.39, 0.29) is 11.8 Å². The van der Waals surface area contributed by atoms with Crippen molar-refractivity contribution in [2.45, 2.75) is 26.7 Å². The van der Waals surface area contributed by atoms with Crippen molar-refractivity contribution in [3.8, 4) is 0 Å².